The molecule has 34 heavy (non-hydrogen) atoms. The van der Waals surface area contributed by atoms with E-state index in [4.69, 9.17) is 0 Å². The van der Waals surface area contributed by atoms with Crippen LogP contribution in [0.1, 0.15) is 56.8 Å². The average Bonchev–Trinajstić information content (AvgIpc) is 2.88. The molecule has 0 atom stereocenters. The number of ketones is 2. The molecule has 0 amide bonds. The van der Waals surface area contributed by atoms with Crippen molar-refractivity contribution in [3.05, 3.63) is 118 Å². The fourth-order valence-electron chi connectivity index (χ4n) is 4.55. The van der Waals surface area contributed by atoms with Crippen LogP contribution in [-0.2, 0) is 12.8 Å². The quantitative estimate of drug-likeness (QED) is 0.293. The molecule has 4 aromatic rings. The lowest BCUT2D eigenvalue weighted by molar-refractivity contribution is 0.0980. The number of anilines is 4. The number of rotatable bonds is 6. The first-order valence-electron chi connectivity index (χ1n) is 11.7. The van der Waals surface area contributed by atoms with Crippen molar-refractivity contribution < 1.29 is 9.59 Å². The van der Waals surface area contributed by atoms with Gasteiger partial charge in [-0.05, 0) is 54.3 Å². The maximum absolute atomic E-state index is 13.7. The van der Waals surface area contributed by atoms with Crippen LogP contribution in [0.2, 0.25) is 0 Å². The van der Waals surface area contributed by atoms with E-state index in [0.29, 0.717) is 33.6 Å². The minimum atomic E-state index is -0.149. The van der Waals surface area contributed by atoms with Crippen LogP contribution in [0.4, 0.5) is 22.7 Å². The van der Waals surface area contributed by atoms with Crippen molar-refractivity contribution >= 4 is 34.3 Å². The Balaban J connectivity index is 1.57. The summed E-state index contributed by atoms with van der Waals surface area (Å²) in [6, 6.07) is 26.8. The summed E-state index contributed by atoms with van der Waals surface area (Å²) in [5, 5.41) is 6.76. The lowest BCUT2D eigenvalue weighted by Gasteiger charge is -2.23. The van der Waals surface area contributed by atoms with E-state index in [-0.39, 0.29) is 11.6 Å². The molecule has 168 valence electrons. The van der Waals surface area contributed by atoms with Crippen LogP contribution in [0.3, 0.4) is 0 Å². The second-order valence-electron chi connectivity index (χ2n) is 8.43. The largest absolute Gasteiger partial charge is 0.355 e. The van der Waals surface area contributed by atoms with E-state index in [1.54, 1.807) is 12.1 Å². The molecule has 0 bridgehead atoms. The van der Waals surface area contributed by atoms with Crippen molar-refractivity contribution in [2.24, 2.45) is 0 Å². The summed E-state index contributed by atoms with van der Waals surface area (Å²) in [6.45, 7) is 4.25. The Bertz CT molecular complexity index is 1410. The molecule has 0 radical (unpaired) electrons. The second-order valence-corrected chi connectivity index (χ2v) is 8.43. The highest BCUT2D eigenvalue weighted by atomic mass is 16.1. The molecule has 0 aliphatic heterocycles. The van der Waals surface area contributed by atoms with Gasteiger partial charge in [-0.2, -0.15) is 0 Å². The first-order chi connectivity index (χ1) is 16.6. The molecule has 0 aromatic heterocycles. The van der Waals surface area contributed by atoms with Crippen LogP contribution in [0.15, 0.2) is 84.9 Å². The van der Waals surface area contributed by atoms with Crippen LogP contribution in [-0.4, -0.2) is 11.6 Å². The number of carbonyl (C=O) groups is 2. The van der Waals surface area contributed by atoms with Gasteiger partial charge in [-0.25, -0.2) is 0 Å². The number of carbonyl (C=O) groups excluding carboxylic acids is 2. The van der Waals surface area contributed by atoms with Crippen molar-refractivity contribution in [3.8, 4) is 0 Å². The number of hydrogen-bond acceptors (Lipinski definition) is 4. The first kappa shape index (κ1) is 21.7. The third kappa shape index (κ3) is 3.77. The first-order valence-corrected chi connectivity index (χ1v) is 11.7. The normalized spacial score (nSPS) is 12.2. The van der Waals surface area contributed by atoms with Gasteiger partial charge in [-0.15, -0.1) is 0 Å². The van der Waals surface area contributed by atoms with Gasteiger partial charge in [0.25, 0.3) is 0 Å². The Morgan fingerprint density at radius 3 is 1.79 bits per heavy atom. The maximum atomic E-state index is 13.7. The summed E-state index contributed by atoms with van der Waals surface area (Å²) in [7, 11) is 0. The molecular formula is C30H26N2O2. The number of aryl methyl sites for hydroxylation is 2. The number of fused-ring (bicyclic) bond motifs is 2. The zero-order chi connectivity index (χ0) is 23.7. The third-order valence-electron chi connectivity index (χ3n) is 6.35. The van der Waals surface area contributed by atoms with E-state index in [2.05, 4.69) is 42.7 Å². The zero-order valence-electron chi connectivity index (χ0n) is 19.3. The molecule has 4 nitrogen and oxygen atoms in total. The Morgan fingerprint density at radius 1 is 0.588 bits per heavy atom. The molecule has 0 saturated carbocycles. The molecule has 0 unspecified atom stereocenters. The van der Waals surface area contributed by atoms with E-state index in [0.717, 1.165) is 24.2 Å². The predicted molar refractivity (Wildman–Crippen MR) is 138 cm³/mol. The molecular weight excluding hydrogens is 420 g/mol. The summed E-state index contributed by atoms with van der Waals surface area (Å²) in [5.41, 5.74) is 7.26. The highest BCUT2D eigenvalue weighted by molar-refractivity contribution is 6.32. The van der Waals surface area contributed by atoms with Crippen LogP contribution in [0, 0.1) is 0 Å². The zero-order valence-corrected chi connectivity index (χ0v) is 19.3. The van der Waals surface area contributed by atoms with Gasteiger partial charge >= 0.3 is 0 Å². The van der Waals surface area contributed by atoms with E-state index < -0.39 is 0 Å². The molecule has 1 aliphatic rings. The topological polar surface area (TPSA) is 58.2 Å². The van der Waals surface area contributed by atoms with Gasteiger partial charge in [0, 0.05) is 22.5 Å². The molecule has 0 heterocycles. The maximum Gasteiger partial charge on any atom is 0.196 e. The van der Waals surface area contributed by atoms with Gasteiger partial charge in [0.15, 0.2) is 11.6 Å². The highest BCUT2D eigenvalue weighted by Gasteiger charge is 2.33. The lowest BCUT2D eigenvalue weighted by atomic mass is 9.82. The number of hydrogen-bond donors (Lipinski definition) is 2. The van der Waals surface area contributed by atoms with E-state index in [1.165, 1.54) is 11.1 Å². The molecule has 0 fully saturated rings. The number of nitrogens with one attached hydrogen (secondary N) is 2. The van der Waals surface area contributed by atoms with Gasteiger partial charge in [-0.3, -0.25) is 9.59 Å². The average molecular weight is 447 g/mol. The van der Waals surface area contributed by atoms with Crippen molar-refractivity contribution in [2.75, 3.05) is 10.6 Å². The van der Waals surface area contributed by atoms with Gasteiger partial charge in [0.05, 0.1) is 22.5 Å². The molecule has 2 N–H and O–H groups in total. The Labute approximate surface area is 199 Å². The molecule has 4 aromatic carbocycles. The molecule has 1 aliphatic carbocycles. The van der Waals surface area contributed by atoms with E-state index in [1.807, 2.05) is 54.6 Å². The van der Waals surface area contributed by atoms with E-state index in [9.17, 15) is 9.59 Å². The third-order valence-corrected chi connectivity index (χ3v) is 6.35. The molecule has 4 heteroatoms. The van der Waals surface area contributed by atoms with E-state index >= 15 is 0 Å². The standard InChI is InChI=1S/C30H26N2O2/c1-3-19-16-17-24(20(4-2)18-19)32-26-15-9-13-23-28(26)30(34)22-12-8-14-25(27(22)29(23)33)31-21-10-6-5-7-11-21/h5-18,31-32H,3-4H2,1-2H3. The second kappa shape index (κ2) is 8.99. The summed E-state index contributed by atoms with van der Waals surface area (Å²) < 4.78 is 0. The summed E-state index contributed by atoms with van der Waals surface area (Å²) >= 11 is 0. The highest BCUT2D eigenvalue weighted by Crippen LogP contribution is 2.37. The summed E-state index contributed by atoms with van der Waals surface area (Å²) in [4.78, 5) is 27.4. The smallest absolute Gasteiger partial charge is 0.196 e. The Kier molecular flexibility index (Phi) is 5.72. The van der Waals surface area contributed by atoms with Gasteiger partial charge < -0.3 is 10.6 Å². The summed E-state index contributed by atoms with van der Waals surface area (Å²) in [6.07, 6.45) is 1.84. The fourth-order valence-corrected chi connectivity index (χ4v) is 4.55. The van der Waals surface area contributed by atoms with Crippen LogP contribution in [0.5, 0.6) is 0 Å². The Morgan fingerprint density at radius 2 is 1.21 bits per heavy atom. The van der Waals surface area contributed by atoms with Gasteiger partial charge in [-0.1, -0.05) is 68.4 Å². The van der Waals surface area contributed by atoms with Crippen molar-refractivity contribution in [1.29, 1.82) is 0 Å². The van der Waals surface area contributed by atoms with Crippen LogP contribution >= 0.6 is 0 Å². The fraction of sp³-hybridized carbons (Fsp3) is 0.133. The van der Waals surface area contributed by atoms with Crippen molar-refractivity contribution in [2.45, 2.75) is 26.7 Å². The van der Waals surface area contributed by atoms with Gasteiger partial charge in [0.2, 0.25) is 0 Å². The van der Waals surface area contributed by atoms with Crippen LogP contribution in [0.25, 0.3) is 0 Å². The van der Waals surface area contributed by atoms with Crippen molar-refractivity contribution in [3.63, 3.8) is 0 Å². The minimum Gasteiger partial charge on any atom is -0.355 e. The van der Waals surface area contributed by atoms with Crippen molar-refractivity contribution in [1.82, 2.24) is 0 Å². The predicted octanol–water partition coefficient (Wildman–Crippen LogP) is 7.07. The summed E-state index contributed by atoms with van der Waals surface area (Å²) in [5.74, 6) is -0.294. The lowest BCUT2D eigenvalue weighted by Crippen LogP contribution is -2.23. The van der Waals surface area contributed by atoms with Gasteiger partial charge in [0.1, 0.15) is 0 Å². The Hall–Kier alpha value is -4.18. The molecule has 0 spiro atoms. The molecule has 5 rings (SSSR count). The number of benzene rings is 4. The van der Waals surface area contributed by atoms with Crippen LogP contribution < -0.4 is 10.6 Å². The molecule has 0 saturated heterocycles. The SMILES string of the molecule is CCc1ccc(Nc2cccc3c2C(=O)c2cccc(Nc4ccccc4)c2C3=O)c(CC)c1. The monoisotopic (exact) mass is 446 g/mol. The number of para-hydroxylation sites is 1. The minimum absolute atomic E-state index is 0.146.